The number of rotatable bonds is 8. The lowest BCUT2D eigenvalue weighted by atomic mass is 10.2. The zero-order valence-electron chi connectivity index (χ0n) is 11.4. The highest BCUT2D eigenvalue weighted by Crippen LogP contribution is 1.97. The van der Waals surface area contributed by atoms with E-state index in [0.29, 0.717) is 13.1 Å². The van der Waals surface area contributed by atoms with Gasteiger partial charge in [-0.05, 0) is 12.0 Å². The number of carbonyl (C=O) groups excluding carboxylic acids is 2. The number of nitrogens with one attached hydrogen (secondary N) is 2. The molecule has 0 saturated carbocycles. The molecule has 0 aliphatic rings. The topological polar surface area (TPSA) is 58.2 Å². The molecule has 1 aromatic rings. The number of hydrogen-bond donors (Lipinski definition) is 2. The van der Waals surface area contributed by atoms with Gasteiger partial charge in [0.25, 0.3) is 0 Å². The molecule has 0 radical (unpaired) electrons. The van der Waals surface area contributed by atoms with Crippen LogP contribution in [0.3, 0.4) is 0 Å². The predicted octanol–water partition coefficient (Wildman–Crippen LogP) is 2.00. The van der Waals surface area contributed by atoms with Crippen molar-refractivity contribution in [2.45, 2.75) is 39.2 Å². The molecule has 19 heavy (non-hydrogen) atoms. The fraction of sp³-hybridized carbons (Fsp3) is 0.467. The van der Waals surface area contributed by atoms with Crippen LogP contribution in [-0.2, 0) is 16.1 Å². The van der Waals surface area contributed by atoms with Gasteiger partial charge in [0, 0.05) is 13.1 Å². The first-order chi connectivity index (χ1) is 9.22. The van der Waals surface area contributed by atoms with Crippen LogP contribution in [-0.4, -0.2) is 18.4 Å². The summed E-state index contributed by atoms with van der Waals surface area (Å²) in [5, 5.41) is 5.48. The van der Waals surface area contributed by atoms with E-state index in [0.717, 1.165) is 24.8 Å². The van der Waals surface area contributed by atoms with Crippen LogP contribution in [0.15, 0.2) is 30.3 Å². The largest absolute Gasteiger partial charge is 0.356 e. The molecular formula is C15H22N2O2. The minimum atomic E-state index is -0.239. The highest BCUT2D eigenvalue weighted by atomic mass is 16.2. The Morgan fingerprint density at radius 1 is 1.00 bits per heavy atom. The average molecular weight is 262 g/mol. The number of hydrogen-bond acceptors (Lipinski definition) is 2. The maximum absolute atomic E-state index is 11.5. The van der Waals surface area contributed by atoms with Crippen molar-refractivity contribution in [2.24, 2.45) is 0 Å². The Morgan fingerprint density at radius 2 is 1.68 bits per heavy atom. The van der Waals surface area contributed by atoms with Crippen LogP contribution in [0, 0.1) is 0 Å². The van der Waals surface area contributed by atoms with Gasteiger partial charge in [-0.15, -0.1) is 0 Å². The second-order valence-corrected chi connectivity index (χ2v) is 4.50. The zero-order valence-corrected chi connectivity index (χ0v) is 11.4. The summed E-state index contributed by atoms with van der Waals surface area (Å²) in [4.78, 5) is 23.0. The molecule has 0 spiro atoms. The van der Waals surface area contributed by atoms with E-state index in [2.05, 4.69) is 17.6 Å². The fourth-order valence-corrected chi connectivity index (χ4v) is 1.67. The van der Waals surface area contributed by atoms with Gasteiger partial charge in [-0.3, -0.25) is 9.59 Å². The van der Waals surface area contributed by atoms with Crippen LogP contribution in [0.1, 0.15) is 38.2 Å². The first-order valence-corrected chi connectivity index (χ1v) is 6.79. The van der Waals surface area contributed by atoms with Gasteiger partial charge in [0.2, 0.25) is 11.8 Å². The molecule has 0 aliphatic heterocycles. The van der Waals surface area contributed by atoms with E-state index in [9.17, 15) is 9.59 Å². The second-order valence-electron chi connectivity index (χ2n) is 4.50. The van der Waals surface area contributed by atoms with Crippen molar-refractivity contribution < 1.29 is 9.59 Å². The van der Waals surface area contributed by atoms with Crippen LogP contribution >= 0.6 is 0 Å². The highest BCUT2D eigenvalue weighted by Gasteiger charge is 2.08. The minimum absolute atomic E-state index is 0.0983. The van der Waals surface area contributed by atoms with E-state index in [-0.39, 0.29) is 18.2 Å². The Labute approximate surface area is 114 Å². The molecule has 0 saturated heterocycles. The summed E-state index contributed by atoms with van der Waals surface area (Å²) in [6.45, 7) is 3.22. The molecule has 0 aromatic heterocycles. The lowest BCUT2D eigenvalue weighted by molar-refractivity contribution is -0.129. The normalized spacial score (nSPS) is 9.95. The Bertz CT molecular complexity index is 390. The first-order valence-electron chi connectivity index (χ1n) is 6.79. The van der Waals surface area contributed by atoms with Crippen LogP contribution in [0.4, 0.5) is 0 Å². The standard InChI is InChI=1S/C15H22N2O2/c1-2-3-7-10-16-14(18)11-15(19)17-12-13-8-5-4-6-9-13/h4-6,8-9H,2-3,7,10-12H2,1H3,(H,16,18)(H,17,19). The quantitative estimate of drug-likeness (QED) is 0.556. The second kappa shape index (κ2) is 9.14. The van der Waals surface area contributed by atoms with Crippen LogP contribution in [0.5, 0.6) is 0 Å². The summed E-state index contributed by atoms with van der Waals surface area (Å²) in [5.41, 5.74) is 1.03. The lowest BCUT2D eigenvalue weighted by Gasteiger charge is -2.06. The monoisotopic (exact) mass is 262 g/mol. The molecule has 2 amide bonds. The smallest absolute Gasteiger partial charge is 0.229 e. The van der Waals surface area contributed by atoms with Gasteiger partial charge in [0.1, 0.15) is 6.42 Å². The van der Waals surface area contributed by atoms with Crippen molar-refractivity contribution in [2.75, 3.05) is 6.54 Å². The summed E-state index contributed by atoms with van der Waals surface area (Å²) in [5.74, 6) is -0.446. The number of carbonyl (C=O) groups is 2. The third-order valence-corrected chi connectivity index (χ3v) is 2.76. The molecule has 4 nitrogen and oxygen atoms in total. The average Bonchev–Trinajstić information content (AvgIpc) is 2.42. The van der Waals surface area contributed by atoms with E-state index >= 15 is 0 Å². The van der Waals surface area contributed by atoms with Gasteiger partial charge in [0.05, 0.1) is 0 Å². The minimum Gasteiger partial charge on any atom is -0.356 e. The maximum Gasteiger partial charge on any atom is 0.229 e. The molecule has 0 aliphatic carbocycles. The van der Waals surface area contributed by atoms with Crippen molar-refractivity contribution >= 4 is 11.8 Å². The Kier molecular flexibility index (Phi) is 7.32. The molecule has 2 N–H and O–H groups in total. The van der Waals surface area contributed by atoms with E-state index in [1.807, 2.05) is 30.3 Å². The van der Waals surface area contributed by atoms with Crippen molar-refractivity contribution in [1.82, 2.24) is 10.6 Å². The van der Waals surface area contributed by atoms with Gasteiger partial charge in [-0.25, -0.2) is 0 Å². The number of unbranched alkanes of at least 4 members (excludes halogenated alkanes) is 2. The van der Waals surface area contributed by atoms with E-state index < -0.39 is 0 Å². The third-order valence-electron chi connectivity index (χ3n) is 2.76. The third kappa shape index (κ3) is 7.24. The van der Waals surface area contributed by atoms with Crippen LogP contribution in [0.25, 0.3) is 0 Å². The molecule has 1 rings (SSSR count). The Balaban J connectivity index is 2.15. The summed E-state index contributed by atoms with van der Waals surface area (Å²) < 4.78 is 0. The van der Waals surface area contributed by atoms with Gasteiger partial charge < -0.3 is 10.6 Å². The molecule has 104 valence electrons. The maximum atomic E-state index is 11.5. The fourth-order valence-electron chi connectivity index (χ4n) is 1.67. The molecule has 0 atom stereocenters. The molecule has 0 bridgehead atoms. The Morgan fingerprint density at radius 3 is 2.37 bits per heavy atom. The van der Waals surface area contributed by atoms with Gasteiger partial charge >= 0.3 is 0 Å². The summed E-state index contributed by atoms with van der Waals surface area (Å²) in [7, 11) is 0. The number of benzene rings is 1. The number of amides is 2. The zero-order chi connectivity index (χ0) is 13.9. The van der Waals surface area contributed by atoms with Gasteiger partial charge in [0.15, 0.2) is 0 Å². The van der Waals surface area contributed by atoms with Crippen molar-refractivity contribution in [3.05, 3.63) is 35.9 Å². The highest BCUT2D eigenvalue weighted by molar-refractivity contribution is 5.96. The molecule has 0 heterocycles. The van der Waals surface area contributed by atoms with Crippen molar-refractivity contribution in [3.8, 4) is 0 Å². The van der Waals surface area contributed by atoms with Gasteiger partial charge in [-0.1, -0.05) is 50.1 Å². The lowest BCUT2D eigenvalue weighted by Crippen LogP contribution is -2.32. The first kappa shape index (κ1) is 15.2. The molecule has 0 unspecified atom stereocenters. The van der Waals surface area contributed by atoms with Crippen LogP contribution < -0.4 is 10.6 Å². The van der Waals surface area contributed by atoms with Gasteiger partial charge in [-0.2, -0.15) is 0 Å². The summed E-state index contributed by atoms with van der Waals surface area (Å²) in [6.07, 6.45) is 3.08. The van der Waals surface area contributed by atoms with Crippen molar-refractivity contribution in [3.63, 3.8) is 0 Å². The molecular weight excluding hydrogens is 240 g/mol. The van der Waals surface area contributed by atoms with Crippen LogP contribution in [0.2, 0.25) is 0 Å². The summed E-state index contributed by atoms with van der Waals surface area (Å²) >= 11 is 0. The van der Waals surface area contributed by atoms with E-state index in [1.54, 1.807) is 0 Å². The summed E-state index contributed by atoms with van der Waals surface area (Å²) in [6, 6.07) is 9.63. The molecule has 0 fully saturated rings. The van der Waals surface area contributed by atoms with E-state index in [4.69, 9.17) is 0 Å². The molecule has 4 heteroatoms. The molecule has 1 aromatic carbocycles. The Hall–Kier alpha value is -1.84. The predicted molar refractivity (Wildman–Crippen MR) is 75.4 cm³/mol. The van der Waals surface area contributed by atoms with E-state index in [1.165, 1.54) is 0 Å². The van der Waals surface area contributed by atoms with Crippen molar-refractivity contribution in [1.29, 1.82) is 0 Å². The SMILES string of the molecule is CCCCCNC(=O)CC(=O)NCc1ccccc1.